The molecule has 0 bridgehead atoms. The second-order valence-electron chi connectivity index (χ2n) is 3.49. The second kappa shape index (κ2) is 5.48. The topological polar surface area (TPSA) is 162 Å². The van der Waals surface area contributed by atoms with Crippen LogP contribution in [-0.2, 0) is 13.7 Å². The Balaban J connectivity index is 3.19. The molecule has 1 unspecified atom stereocenters. The summed E-state index contributed by atoms with van der Waals surface area (Å²) in [6, 6.07) is 6.73. The first-order valence-corrected chi connectivity index (χ1v) is 9.63. The summed E-state index contributed by atoms with van der Waals surface area (Å²) in [6.45, 7) is 0. The van der Waals surface area contributed by atoms with Crippen molar-refractivity contribution in [1.29, 1.82) is 0 Å². The molecule has 1 rings (SSSR count). The van der Waals surface area contributed by atoms with E-state index in [-0.39, 0.29) is 5.75 Å². The molecular formula is C7H11O9P3. The van der Waals surface area contributed by atoms with Gasteiger partial charge in [0.2, 0.25) is 0 Å². The SMILES string of the molecule is O=P(O)(O)C(P(=O)(O)O)P(=O)(O)Oc1ccccc1. The smallest absolute Gasteiger partial charge is 0.404 e. The monoisotopic (exact) mass is 332 g/mol. The summed E-state index contributed by atoms with van der Waals surface area (Å²) in [7, 11) is -16.4. The first-order chi connectivity index (χ1) is 8.44. The molecular weight excluding hydrogens is 321 g/mol. The van der Waals surface area contributed by atoms with Crippen LogP contribution in [0.25, 0.3) is 0 Å². The normalized spacial score (nSPS) is 16.1. The lowest BCUT2D eigenvalue weighted by Crippen LogP contribution is -2.13. The zero-order valence-corrected chi connectivity index (χ0v) is 11.9. The van der Waals surface area contributed by atoms with Crippen molar-refractivity contribution in [3.63, 3.8) is 0 Å². The molecule has 1 aromatic rings. The molecule has 0 aromatic heterocycles. The molecule has 108 valence electrons. The molecule has 0 aliphatic rings. The minimum atomic E-state index is -5.56. The maximum Gasteiger partial charge on any atom is 0.404 e. The van der Waals surface area contributed by atoms with E-state index in [1.807, 2.05) is 0 Å². The highest BCUT2D eigenvalue weighted by Gasteiger charge is 2.58. The van der Waals surface area contributed by atoms with E-state index in [0.717, 1.165) is 0 Å². The number of rotatable bonds is 5. The van der Waals surface area contributed by atoms with Crippen molar-refractivity contribution in [1.82, 2.24) is 0 Å². The third kappa shape index (κ3) is 4.53. The fourth-order valence-corrected chi connectivity index (χ4v) is 6.67. The molecule has 5 N–H and O–H groups in total. The van der Waals surface area contributed by atoms with Gasteiger partial charge in [0.15, 0.2) is 0 Å². The number of para-hydroxylation sites is 1. The van der Waals surface area contributed by atoms with E-state index >= 15 is 0 Å². The second-order valence-corrected chi connectivity index (χ2v) is 9.93. The fourth-order valence-electron chi connectivity index (χ4n) is 1.26. The molecule has 0 amide bonds. The van der Waals surface area contributed by atoms with Crippen LogP contribution in [-0.4, -0.2) is 29.6 Å². The van der Waals surface area contributed by atoms with Crippen molar-refractivity contribution in [2.75, 3.05) is 0 Å². The molecule has 19 heavy (non-hydrogen) atoms. The van der Waals surface area contributed by atoms with E-state index in [0.29, 0.717) is 0 Å². The largest absolute Gasteiger partial charge is 0.423 e. The summed E-state index contributed by atoms with van der Waals surface area (Å²) in [5.41, 5.74) is 0. The van der Waals surface area contributed by atoms with E-state index in [1.165, 1.54) is 24.3 Å². The van der Waals surface area contributed by atoms with Gasteiger partial charge in [-0.3, -0.25) is 9.13 Å². The highest BCUT2D eigenvalue weighted by Crippen LogP contribution is 2.75. The van der Waals surface area contributed by atoms with Crippen molar-refractivity contribution in [3.8, 4) is 5.75 Å². The quantitative estimate of drug-likeness (QED) is 0.493. The average Bonchev–Trinajstić information content (AvgIpc) is 2.11. The van der Waals surface area contributed by atoms with Gasteiger partial charge in [-0.15, -0.1) is 0 Å². The van der Waals surface area contributed by atoms with Crippen molar-refractivity contribution >= 4 is 22.8 Å². The van der Waals surface area contributed by atoms with Gasteiger partial charge in [0, 0.05) is 0 Å². The average molecular weight is 332 g/mol. The minimum Gasteiger partial charge on any atom is -0.423 e. The van der Waals surface area contributed by atoms with Gasteiger partial charge in [-0.2, -0.15) is 0 Å². The molecule has 0 fully saturated rings. The van der Waals surface area contributed by atoms with Gasteiger partial charge >= 0.3 is 22.8 Å². The number of benzene rings is 1. The lowest BCUT2D eigenvalue weighted by Gasteiger charge is -2.24. The Morgan fingerprint density at radius 2 is 1.26 bits per heavy atom. The maximum absolute atomic E-state index is 11.7. The van der Waals surface area contributed by atoms with Crippen LogP contribution < -0.4 is 4.52 Å². The van der Waals surface area contributed by atoms with Crippen molar-refractivity contribution in [2.45, 2.75) is 5.14 Å². The zero-order chi connectivity index (χ0) is 14.9. The summed E-state index contributed by atoms with van der Waals surface area (Å²) in [6.07, 6.45) is 0. The number of hydrogen-bond acceptors (Lipinski definition) is 4. The summed E-state index contributed by atoms with van der Waals surface area (Å²) in [5, 5.41) is -3.12. The predicted octanol–water partition coefficient (Wildman–Crippen LogP) is 0.890. The third-order valence-electron chi connectivity index (χ3n) is 1.87. The molecule has 9 nitrogen and oxygen atoms in total. The van der Waals surface area contributed by atoms with Crippen LogP contribution in [0, 0.1) is 0 Å². The Kier molecular flexibility index (Phi) is 4.78. The Bertz CT molecular complexity index is 551. The van der Waals surface area contributed by atoms with E-state index in [4.69, 9.17) is 19.6 Å². The van der Waals surface area contributed by atoms with Crippen molar-refractivity contribution in [2.24, 2.45) is 0 Å². The van der Waals surface area contributed by atoms with Crippen LogP contribution >= 0.6 is 22.8 Å². The molecule has 1 atom stereocenters. The zero-order valence-electron chi connectivity index (χ0n) is 9.17. The van der Waals surface area contributed by atoms with Gasteiger partial charge in [-0.1, -0.05) is 18.2 Å². The van der Waals surface area contributed by atoms with Crippen LogP contribution in [0.4, 0.5) is 0 Å². The molecule has 0 saturated carbocycles. The van der Waals surface area contributed by atoms with E-state index < -0.39 is 27.9 Å². The maximum atomic E-state index is 11.7. The molecule has 0 aliphatic carbocycles. The molecule has 0 aliphatic heterocycles. The summed E-state index contributed by atoms with van der Waals surface area (Å²) >= 11 is 0. The van der Waals surface area contributed by atoms with Gasteiger partial charge in [0.05, 0.1) is 0 Å². The third-order valence-corrected chi connectivity index (χ3v) is 9.49. The van der Waals surface area contributed by atoms with Gasteiger partial charge in [-0.25, -0.2) is 4.57 Å². The van der Waals surface area contributed by atoms with E-state index in [2.05, 4.69) is 4.52 Å². The van der Waals surface area contributed by atoms with Crippen molar-refractivity contribution < 1.29 is 42.7 Å². The van der Waals surface area contributed by atoms with Crippen LogP contribution in [0.1, 0.15) is 0 Å². The lowest BCUT2D eigenvalue weighted by molar-refractivity contribution is 0.331. The molecule has 0 spiro atoms. The molecule has 12 heteroatoms. The minimum absolute atomic E-state index is 0.250. The fraction of sp³-hybridized carbons (Fsp3) is 0.143. The van der Waals surface area contributed by atoms with Crippen molar-refractivity contribution in [3.05, 3.63) is 30.3 Å². The molecule has 0 radical (unpaired) electrons. The summed E-state index contributed by atoms with van der Waals surface area (Å²) < 4.78 is 38.2. The highest BCUT2D eigenvalue weighted by atomic mass is 31.3. The van der Waals surface area contributed by atoms with Crippen LogP contribution in [0.2, 0.25) is 0 Å². The Morgan fingerprint density at radius 3 is 1.63 bits per heavy atom. The summed E-state index contributed by atoms with van der Waals surface area (Å²) in [5.74, 6) is -0.250. The lowest BCUT2D eigenvalue weighted by atomic mass is 10.3. The summed E-state index contributed by atoms with van der Waals surface area (Å²) in [4.78, 5) is 44.8. The van der Waals surface area contributed by atoms with E-state index in [1.54, 1.807) is 6.07 Å². The van der Waals surface area contributed by atoms with Gasteiger partial charge in [-0.05, 0) is 12.1 Å². The van der Waals surface area contributed by atoms with Gasteiger partial charge in [0.1, 0.15) is 5.75 Å². The predicted molar refractivity (Wildman–Crippen MR) is 64.8 cm³/mol. The van der Waals surface area contributed by atoms with Gasteiger partial charge < -0.3 is 29.0 Å². The first-order valence-electron chi connectivity index (χ1n) is 4.62. The van der Waals surface area contributed by atoms with Gasteiger partial charge in [0.25, 0.3) is 5.14 Å². The Hall–Kier alpha value is -0.490. The highest BCUT2D eigenvalue weighted by molar-refractivity contribution is 7.87. The van der Waals surface area contributed by atoms with Crippen LogP contribution in [0.5, 0.6) is 5.75 Å². The van der Waals surface area contributed by atoms with Crippen LogP contribution in [0.3, 0.4) is 0 Å². The standard InChI is InChI=1S/C7H11O9P3/c8-17(9,10)7(18(11,12)13)19(14,15)16-6-4-2-1-3-5-6/h1-5,7H,(H,14,15)(H2,8,9,10)(H2,11,12,13). The van der Waals surface area contributed by atoms with E-state index in [9.17, 15) is 18.6 Å². The first kappa shape index (κ1) is 16.6. The molecule has 1 aromatic carbocycles. The Labute approximate surface area is 107 Å². The molecule has 0 heterocycles. The molecule has 0 saturated heterocycles. The Morgan fingerprint density at radius 1 is 0.842 bits per heavy atom. The van der Waals surface area contributed by atoms with Crippen LogP contribution in [0.15, 0.2) is 30.3 Å². The number of hydrogen-bond donors (Lipinski definition) is 5.